The van der Waals surface area contributed by atoms with Gasteiger partial charge in [0.15, 0.2) is 0 Å². The van der Waals surface area contributed by atoms with E-state index in [4.69, 9.17) is 11.6 Å². The van der Waals surface area contributed by atoms with Crippen molar-refractivity contribution in [3.05, 3.63) is 64.9 Å². The molecular formula is C23H28ClFN4O2. The van der Waals surface area contributed by atoms with Crippen LogP contribution in [0.3, 0.4) is 0 Å². The van der Waals surface area contributed by atoms with E-state index in [1.807, 2.05) is 19.1 Å². The van der Waals surface area contributed by atoms with Gasteiger partial charge in [-0.2, -0.15) is 0 Å². The third kappa shape index (κ3) is 7.02. The zero-order valence-electron chi connectivity index (χ0n) is 17.6. The summed E-state index contributed by atoms with van der Waals surface area (Å²) < 4.78 is 13.0. The lowest BCUT2D eigenvalue weighted by molar-refractivity contribution is -0.127. The molecule has 1 aliphatic rings. The molecule has 1 unspecified atom stereocenters. The third-order valence-electron chi connectivity index (χ3n) is 5.48. The Labute approximate surface area is 187 Å². The summed E-state index contributed by atoms with van der Waals surface area (Å²) in [5.74, 6) is -0.387. The molecule has 1 saturated heterocycles. The third-order valence-corrected chi connectivity index (χ3v) is 5.80. The van der Waals surface area contributed by atoms with Gasteiger partial charge in [-0.3, -0.25) is 19.4 Å². The summed E-state index contributed by atoms with van der Waals surface area (Å²) in [6.45, 7) is 5.55. The Morgan fingerprint density at radius 2 is 1.74 bits per heavy atom. The topological polar surface area (TPSA) is 64.7 Å². The van der Waals surface area contributed by atoms with Crippen LogP contribution < -0.4 is 10.6 Å². The van der Waals surface area contributed by atoms with Gasteiger partial charge in [0, 0.05) is 32.7 Å². The molecule has 1 fully saturated rings. The fourth-order valence-corrected chi connectivity index (χ4v) is 3.74. The zero-order valence-corrected chi connectivity index (χ0v) is 18.4. The number of anilines is 1. The minimum absolute atomic E-state index is 0.0213. The predicted molar refractivity (Wildman–Crippen MR) is 121 cm³/mol. The second kappa shape index (κ2) is 11.2. The van der Waals surface area contributed by atoms with Gasteiger partial charge in [0.2, 0.25) is 11.8 Å². The van der Waals surface area contributed by atoms with Gasteiger partial charge in [0.25, 0.3) is 0 Å². The molecule has 2 N–H and O–H groups in total. The molecule has 0 aromatic heterocycles. The molecule has 2 amide bonds. The SMILES string of the molecule is CC(C(=O)NCCc1ccc(F)cc1)N1CCN(CC(=O)Nc2ccccc2Cl)CC1. The molecule has 0 radical (unpaired) electrons. The Bertz CT molecular complexity index is 885. The smallest absolute Gasteiger partial charge is 0.238 e. The standard InChI is InChI=1S/C23H28ClFN4O2/c1-17(23(31)26-11-10-18-6-8-19(25)9-7-18)29-14-12-28(13-15-29)16-22(30)27-21-5-3-2-4-20(21)24/h2-9,17H,10-16H2,1H3,(H,26,31)(H,27,30). The number of nitrogens with one attached hydrogen (secondary N) is 2. The lowest BCUT2D eigenvalue weighted by atomic mass is 10.1. The first-order chi connectivity index (χ1) is 14.9. The van der Waals surface area contributed by atoms with Crippen LogP contribution in [0.1, 0.15) is 12.5 Å². The van der Waals surface area contributed by atoms with E-state index in [-0.39, 0.29) is 30.2 Å². The normalized spacial score (nSPS) is 16.0. The minimum atomic E-state index is -0.262. The average molecular weight is 447 g/mol. The van der Waals surface area contributed by atoms with Crippen LogP contribution in [0, 0.1) is 5.82 Å². The highest BCUT2D eigenvalue weighted by atomic mass is 35.5. The van der Waals surface area contributed by atoms with E-state index in [0.717, 1.165) is 5.56 Å². The Hall–Kier alpha value is -2.48. The first-order valence-corrected chi connectivity index (χ1v) is 10.8. The molecule has 6 nitrogen and oxygen atoms in total. The maximum Gasteiger partial charge on any atom is 0.238 e. The lowest BCUT2D eigenvalue weighted by Gasteiger charge is -2.37. The van der Waals surface area contributed by atoms with E-state index < -0.39 is 0 Å². The highest BCUT2D eigenvalue weighted by Crippen LogP contribution is 2.20. The van der Waals surface area contributed by atoms with Crippen molar-refractivity contribution in [1.82, 2.24) is 15.1 Å². The molecule has 1 aliphatic heterocycles. The van der Waals surface area contributed by atoms with Crippen LogP contribution >= 0.6 is 11.6 Å². The summed E-state index contributed by atoms with van der Waals surface area (Å²) >= 11 is 6.08. The Morgan fingerprint density at radius 3 is 2.42 bits per heavy atom. The molecule has 166 valence electrons. The maximum absolute atomic E-state index is 13.0. The Kier molecular flexibility index (Phi) is 8.40. The predicted octanol–water partition coefficient (Wildman–Crippen LogP) is 2.78. The molecule has 2 aromatic carbocycles. The van der Waals surface area contributed by atoms with Crippen molar-refractivity contribution in [2.45, 2.75) is 19.4 Å². The van der Waals surface area contributed by atoms with Crippen molar-refractivity contribution in [3.8, 4) is 0 Å². The fraction of sp³-hybridized carbons (Fsp3) is 0.391. The van der Waals surface area contributed by atoms with Crippen molar-refractivity contribution in [2.75, 3.05) is 44.6 Å². The molecule has 31 heavy (non-hydrogen) atoms. The van der Waals surface area contributed by atoms with Gasteiger partial charge in [-0.1, -0.05) is 35.9 Å². The number of hydrogen-bond acceptors (Lipinski definition) is 4. The van der Waals surface area contributed by atoms with Crippen molar-refractivity contribution in [2.24, 2.45) is 0 Å². The number of hydrogen-bond donors (Lipinski definition) is 2. The number of carbonyl (C=O) groups excluding carboxylic acids is 2. The van der Waals surface area contributed by atoms with Gasteiger partial charge in [-0.15, -0.1) is 0 Å². The molecule has 0 aliphatic carbocycles. The number of halogens is 2. The summed E-state index contributed by atoms with van der Waals surface area (Å²) in [5, 5.41) is 6.31. The van der Waals surface area contributed by atoms with Gasteiger partial charge in [0.1, 0.15) is 5.82 Å². The average Bonchev–Trinajstić information content (AvgIpc) is 2.76. The molecule has 8 heteroatoms. The number of nitrogens with zero attached hydrogens (tertiary/aromatic N) is 2. The second-order valence-corrected chi connectivity index (χ2v) is 8.09. The van der Waals surface area contributed by atoms with Crippen LogP contribution in [0.4, 0.5) is 10.1 Å². The van der Waals surface area contributed by atoms with Crippen molar-refractivity contribution >= 4 is 29.1 Å². The summed E-state index contributed by atoms with van der Waals surface area (Å²) in [6.07, 6.45) is 0.660. The first kappa shape index (κ1) is 23.2. The summed E-state index contributed by atoms with van der Waals surface area (Å²) in [4.78, 5) is 29.0. The number of amides is 2. The van der Waals surface area contributed by atoms with Crippen molar-refractivity contribution < 1.29 is 14.0 Å². The monoisotopic (exact) mass is 446 g/mol. The zero-order chi connectivity index (χ0) is 22.2. The van der Waals surface area contributed by atoms with Gasteiger partial charge in [0.05, 0.1) is 23.3 Å². The number of rotatable bonds is 8. The molecular weight excluding hydrogens is 419 g/mol. The molecule has 0 saturated carbocycles. The van der Waals surface area contributed by atoms with E-state index in [2.05, 4.69) is 20.4 Å². The quantitative estimate of drug-likeness (QED) is 0.654. The number of para-hydroxylation sites is 1. The maximum atomic E-state index is 13.0. The Morgan fingerprint density at radius 1 is 1.06 bits per heavy atom. The molecule has 1 atom stereocenters. The van der Waals surface area contributed by atoms with E-state index in [1.54, 1.807) is 24.3 Å². The van der Waals surface area contributed by atoms with Gasteiger partial charge < -0.3 is 10.6 Å². The van der Waals surface area contributed by atoms with Crippen LogP contribution in [0.5, 0.6) is 0 Å². The Balaban J connectivity index is 1.37. The van der Waals surface area contributed by atoms with Crippen LogP contribution in [0.15, 0.2) is 48.5 Å². The minimum Gasteiger partial charge on any atom is -0.354 e. The molecule has 3 rings (SSSR count). The summed E-state index contributed by atoms with van der Waals surface area (Å²) in [7, 11) is 0. The summed E-state index contributed by atoms with van der Waals surface area (Å²) in [6, 6.07) is 13.2. The van der Waals surface area contributed by atoms with Gasteiger partial charge in [-0.25, -0.2) is 4.39 Å². The molecule has 2 aromatic rings. The number of benzene rings is 2. The molecule has 0 spiro atoms. The van der Waals surface area contributed by atoms with E-state index in [0.29, 0.717) is 49.9 Å². The van der Waals surface area contributed by atoms with Gasteiger partial charge >= 0.3 is 0 Å². The highest BCUT2D eigenvalue weighted by Gasteiger charge is 2.26. The van der Waals surface area contributed by atoms with E-state index >= 15 is 0 Å². The van der Waals surface area contributed by atoms with Crippen LogP contribution in [0.2, 0.25) is 5.02 Å². The molecule has 0 bridgehead atoms. The second-order valence-electron chi connectivity index (χ2n) is 7.68. The molecule has 1 heterocycles. The van der Waals surface area contributed by atoms with Crippen LogP contribution in [-0.2, 0) is 16.0 Å². The summed E-state index contributed by atoms with van der Waals surface area (Å²) in [5.41, 5.74) is 1.59. The van der Waals surface area contributed by atoms with Crippen molar-refractivity contribution in [1.29, 1.82) is 0 Å². The van der Waals surface area contributed by atoms with Crippen LogP contribution in [0.25, 0.3) is 0 Å². The first-order valence-electron chi connectivity index (χ1n) is 10.5. The van der Waals surface area contributed by atoms with E-state index in [1.165, 1.54) is 12.1 Å². The van der Waals surface area contributed by atoms with E-state index in [9.17, 15) is 14.0 Å². The van der Waals surface area contributed by atoms with Crippen molar-refractivity contribution in [3.63, 3.8) is 0 Å². The largest absolute Gasteiger partial charge is 0.354 e. The number of piperazine rings is 1. The van der Waals surface area contributed by atoms with Crippen LogP contribution in [-0.4, -0.2) is 66.9 Å². The lowest BCUT2D eigenvalue weighted by Crippen LogP contribution is -2.54. The number of carbonyl (C=O) groups is 2. The van der Waals surface area contributed by atoms with Gasteiger partial charge in [-0.05, 0) is 43.2 Å². The highest BCUT2D eigenvalue weighted by molar-refractivity contribution is 6.33. The fourth-order valence-electron chi connectivity index (χ4n) is 3.56.